The van der Waals surface area contributed by atoms with Gasteiger partial charge in [0.15, 0.2) is 5.82 Å². The van der Waals surface area contributed by atoms with Gasteiger partial charge in [0.05, 0.1) is 23.4 Å². The van der Waals surface area contributed by atoms with Crippen molar-refractivity contribution in [2.75, 3.05) is 62.3 Å². The fourth-order valence-electron chi connectivity index (χ4n) is 3.63. The summed E-state index contributed by atoms with van der Waals surface area (Å²) in [5.41, 5.74) is 1.97. The number of rotatable bonds is 3. The molecule has 0 unspecified atom stereocenters. The second-order valence-electron chi connectivity index (χ2n) is 6.88. The van der Waals surface area contributed by atoms with E-state index in [-0.39, 0.29) is 5.28 Å². The minimum absolute atomic E-state index is 0.283. The number of hydrogen-bond donors (Lipinski definition) is 1. The number of halogens is 1. The molecule has 146 valence electrons. The summed E-state index contributed by atoms with van der Waals surface area (Å²) in [5, 5.41) is 3.65. The third kappa shape index (κ3) is 3.53. The van der Waals surface area contributed by atoms with Crippen LogP contribution in [0.4, 0.5) is 11.6 Å². The van der Waals surface area contributed by atoms with Crippen molar-refractivity contribution in [2.45, 2.75) is 0 Å². The van der Waals surface area contributed by atoms with Gasteiger partial charge in [0.2, 0.25) is 5.28 Å². The molecule has 1 N–H and O–H groups in total. The average Bonchev–Trinajstić information content (AvgIpc) is 3.18. The smallest absolute Gasteiger partial charge is 0.224 e. The van der Waals surface area contributed by atoms with Crippen LogP contribution in [0.2, 0.25) is 5.28 Å². The molecule has 0 radical (unpaired) electrons. The monoisotopic (exact) mass is 416 g/mol. The van der Waals surface area contributed by atoms with Crippen molar-refractivity contribution in [3.8, 4) is 10.4 Å². The molecular weight excluding hydrogens is 396 g/mol. The van der Waals surface area contributed by atoms with Gasteiger partial charge < -0.3 is 19.9 Å². The molecule has 0 amide bonds. The lowest BCUT2D eigenvalue weighted by Gasteiger charge is -2.28. The van der Waals surface area contributed by atoms with E-state index in [9.17, 15) is 0 Å². The summed E-state index contributed by atoms with van der Waals surface area (Å²) >= 11 is 7.90. The van der Waals surface area contributed by atoms with E-state index in [1.807, 2.05) is 6.20 Å². The van der Waals surface area contributed by atoms with Crippen LogP contribution in [0.5, 0.6) is 0 Å². The lowest BCUT2D eigenvalue weighted by atomic mass is 10.2. The van der Waals surface area contributed by atoms with Crippen LogP contribution in [0.15, 0.2) is 24.4 Å². The van der Waals surface area contributed by atoms with Crippen molar-refractivity contribution in [1.82, 2.24) is 20.3 Å². The number of nitrogens with one attached hydrogen (secondary N) is 1. The third-order valence-electron chi connectivity index (χ3n) is 5.11. The van der Waals surface area contributed by atoms with E-state index in [0.29, 0.717) is 13.2 Å². The number of fused-ring (bicyclic) bond motifs is 1. The van der Waals surface area contributed by atoms with E-state index in [1.165, 1.54) is 0 Å². The molecule has 3 aromatic rings. The van der Waals surface area contributed by atoms with Gasteiger partial charge in [-0.25, -0.2) is 9.97 Å². The minimum Gasteiger partial charge on any atom is -0.378 e. The summed E-state index contributed by atoms with van der Waals surface area (Å²) < 4.78 is 6.53. The van der Waals surface area contributed by atoms with Crippen LogP contribution in [-0.4, -0.2) is 67.4 Å². The Morgan fingerprint density at radius 3 is 2.61 bits per heavy atom. The Morgan fingerprint density at radius 2 is 1.86 bits per heavy atom. The molecule has 5 rings (SSSR count). The van der Waals surface area contributed by atoms with E-state index >= 15 is 0 Å². The van der Waals surface area contributed by atoms with E-state index in [0.717, 1.165) is 71.6 Å². The molecule has 0 bridgehead atoms. The van der Waals surface area contributed by atoms with Gasteiger partial charge in [-0.05, 0) is 29.8 Å². The molecule has 0 spiro atoms. The average molecular weight is 417 g/mol. The van der Waals surface area contributed by atoms with Crippen molar-refractivity contribution in [1.29, 1.82) is 0 Å². The van der Waals surface area contributed by atoms with Crippen LogP contribution >= 0.6 is 22.9 Å². The van der Waals surface area contributed by atoms with Crippen molar-refractivity contribution in [3.63, 3.8) is 0 Å². The highest BCUT2D eigenvalue weighted by Gasteiger charge is 2.20. The maximum Gasteiger partial charge on any atom is 0.224 e. The van der Waals surface area contributed by atoms with Gasteiger partial charge in [-0.2, -0.15) is 4.98 Å². The van der Waals surface area contributed by atoms with Crippen LogP contribution in [0.1, 0.15) is 0 Å². The summed E-state index contributed by atoms with van der Waals surface area (Å²) in [6.07, 6.45) is 1.95. The Labute approximate surface area is 172 Å². The predicted octanol–water partition coefficient (Wildman–Crippen LogP) is 2.65. The Balaban J connectivity index is 1.47. The molecule has 7 nitrogen and oxygen atoms in total. The molecule has 2 aliphatic rings. The van der Waals surface area contributed by atoms with Crippen LogP contribution in [0.3, 0.4) is 0 Å². The first-order valence-corrected chi connectivity index (χ1v) is 10.7. The molecule has 0 atom stereocenters. The largest absolute Gasteiger partial charge is 0.378 e. The quantitative estimate of drug-likeness (QED) is 0.658. The molecule has 2 fully saturated rings. The fraction of sp³-hybridized carbons (Fsp3) is 0.421. The summed E-state index contributed by atoms with van der Waals surface area (Å²) in [5.74, 6) is 1.93. The number of morpholine rings is 1. The van der Waals surface area contributed by atoms with Crippen molar-refractivity contribution < 1.29 is 4.74 Å². The molecule has 2 aliphatic heterocycles. The Kier molecular flexibility index (Phi) is 5.02. The fourth-order valence-corrected chi connectivity index (χ4v) is 4.91. The lowest BCUT2D eigenvalue weighted by Crippen LogP contribution is -2.43. The summed E-state index contributed by atoms with van der Waals surface area (Å²) in [7, 11) is 0. The van der Waals surface area contributed by atoms with Crippen molar-refractivity contribution >= 4 is 44.8 Å². The van der Waals surface area contributed by atoms with E-state index in [1.54, 1.807) is 11.3 Å². The first-order chi connectivity index (χ1) is 13.8. The maximum atomic E-state index is 6.21. The zero-order valence-electron chi connectivity index (χ0n) is 15.4. The summed E-state index contributed by atoms with van der Waals surface area (Å²) in [4.78, 5) is 19.3. The third-order valence-corrected chi connectivity index (χ3v) is 6.45. The van der Waals surface area contributed by atoms with Crippen molar-refractivity contribution in [2.24, 2.45) is 0 Å². The van der Waals surface area contributed by atoms with Gasteiger partial charge in [-0.1, -0.05) is 0 Å². The highest BCUT2D eigenvalue weighted by Crippen LogP contribution is 2.38. The molecule has 0 saturated carbocycles. The van der Waals surface area contributed by atoms with Crippen LogP contribution in [-0.2, 0) is 4.74 Å². The Bertz CT molecular complexity index is 966. The normalized spacial score (nSPS) is 18.0. The second-order valence-corrected chi connectivity index (χ2v) is 8.27. The molecule has 3 aromatic heterocycles. The summed E-state index contributed by atoms with van der Waals surface area (Å²) in [6.45, 7) is 7.04. The highest BCUT2D eigenvalue weighted by molar-refractivity contribution is 7.22. The zero-order chi connectivity index (χ0) is 18.9. The maximum absolute atomic E-state index is 6.21. The van der Waals surface area contributed by atoms with Crippen LogP contribution < -0.4 is 15.1 Å². The lowest BCUT2D eigenvalue weighted by molar-refractivity contribution is 0.122. The number of pyridine rings is 1. The molecule has 9 heteroatoms. The van der Waals surface area contributed by atoms with Gasteiger partial charge >= 0.3 is 0 Å². The highest BCUT2D eigenvalue weighted by atomic mass is 35.5. The second kappa shape index (κ2) is 7.79. The van der Waals surface area contributed by atoms with E-state index < -0.39 is 0 Å². The Hall–Kier alpha value is -2.00. The molecule has 28 heavy (non-hydrogen) atoms. The number of aromatic nitrogens is 3. The first kappa shape index (κ1) is 18.1. The molecule has 0 aromatic carbocycles. The van der Waals surface area contributed by atoms with Gasteiger partial charge in [0, 0.05) is 55.9 Å². The van der Waals surface area contributed by atoms with Gasteiger partial charge in [-0.15, -0.1) is 11.3 Å². The van der Waals surface area contributed by atoms with Crippen LogP contribution in [0, 0.1) is 0 Å². The number of thiophene rings is 1. The van der Waals surface area contributed by atoms with Gasteiger partial charge in [0.1, 0.15) is 5.82 Å². The SMILES string of the molecule is Clc1nc(N2CCOCC2)c2sc(-c3ccc(N4CCNCC4)nc3)cc2n1. The first-order valence-electron chi connectivity index (χ1n) is 9.50. The Morgan fingerprint density at radius 1 is 1.04 bits per heavy atom. The van der Waals surface area contributed by atoms with Gasteiger partial charge in [0.25, 0.3) is 0 Å². The molecule has 5 heterocycles. The van der Waals surface area contributed by atoms with Gasteiger partial charge in [-0.3, -0.25) is 0 Å². The van der Waals surface area contributed by atoms with Crippen LogP contribution in [0.25, 0.3) is 20.7 Å². The number of hydrogen-bond acceptors (Lipinski definition) is 8. The molecule has 0 aliphatic carbocycles. The molecular formula is C19H21ClN6OS. The topological polar surface area (TPSA) is 66.4 Å². The number of ether oxygens (including phenoxy) is 1. The predicted molar refractivity (Wildman–Crippen MR) is 114 cm³/mol. The minimum atomic E-state index is 0.283. The number of nitrogens with zero attached hydrogens (tertiary/aromatic N) is 5. The van der Waals surface area contributed by atoms with E-state index in [4.69, 9.17) is 21.3 Å². The summed E-state index contributed by atoms with van der Waals surface area (Å²) in [6, 6.07) is 6.32. The van der Waals surface area contributed by atoms with Crippen molar-refractivity contribution in [3.05, 3.63) is 29.7 Å². The zero-order valence-corrected chi connectivity index (χ0v) is 17.0. The standard InChI is InChI=1S/C19H21ClN6OS/c20-19-23-14-11-15(28-17(14)18(24-19)26-7-9-27-10-8-26)13-1-2-16(22-12-13)25-5-3-21-4-6-25/h1-2,11-12,21H,3-10H2. The number of anilines is 2. The molecule has 2 saturated heterocycles. The number of piperazine rings is 1. The van der Waals surface area contributed by atoms with E-state index in [2.05, 4.69) is 43.3 Å².